The van der Waals surface area contributed by atoms with E-state index >= 15 is 0 Å². The second kappa shape index (κ2) is 8.45. The molecule has 1 aromatic carbocycles. The molecular formula is C22H28N2O4. The molecule has 28 heavy (non-hydrogen) atoms. The molecule has 3 atom stereocenters. The van der Waals surface area contributed by atoms with Gasteiger partial charge in [-0.05, 0) is 43.5 Å². The molecule has 0 radical (unpaired) electrons. The van der Waals surface area contributed by atoms with Crippen LogP contribution < -0.4 is 9.47 Å². The highest BCUT2D eigenvalue weighted by Gasteiger charge is 2.40. The van der Waals surface area contributed by atoms with Gasteiger partial charge in [0.1, 0.15) is 11.9 Å². The minimum absolute atomic E-state index is 0.111. The third-order valence-electron chi connectivity index (χ3n) is 5.40. The van der Waals surface area contributed by atoms with Crippen molar-refractivity contribution in [3.05, 3.63) is 35.5 Å². The van der Waals surface area contributed by atoms with Crippen LogP contribution in [0, 0.1) is 6.92 Å². The first-order valence-electron chi connectivity index (χ1n) is 10.1. The molecule has 6 heteroatoms. The Labute approximate surface area is 166 Å². The number of unbranched alkanes of at least 4 members (excludes halogenated alkanes) is 1. The van der Waals surface area contributed by atoms with Gasteiger partial charge < -0.3 is 18.9 Å². The lowest BCUT2D eigenvalue weighted by Crippen LogP contribution is -2.06. The van der Waals surface area contributed by atoms with Gasteiger partial charge in [0, 0.05) is 29.8 Å². The van der Waals surface area contributed by atoms with Gasteiger partial charge in [-0.2, -0.15) is 4.98 Å². The zero-order valence-electron chi connectivity index (χ0n) is 16.8. The zero-order valence-corrected chi connectivity index (χ0v) is 16.8. The number of epoxide rings is 1. The number of methoxy groups -OCH3 is 1. The van der Waals surface area contributed by atoms with Crippen LogP contribution in [-0.2, 0) is 9.47 Å². The van der Waals surface area contributed by atoms with Crippen molar-refractivity contribution in [2.24, 2.45) is 0 Å². The molecule has 6 nitrogen and oxygen atoms in total. The van der Waals surface area contributed by atoms with Gasteiger partial charge in [0.05, 0.1) is 13.7 Å². The van der Waals surface area contributed by atoms with E-state index in [0.29, 0.717) is 24.2 Å². The van der Waals surface area contributed by atoms with Crippen LogP contribution in [0.3, 0.4) is 0 Å². The van der Waals surface area contributed by atoms with E-state index in [1.54, 1.807) is 7.11 Å². The van der Waals surface area contributed by atoms with Gasteiger partial charge in [-0.25, -0.2) is 4.98 Å². The number of benzene rings is 1. The molecule has 2 aliphatic rings. The summed E-state index contributed by atoms with van der Waals surface area (Å²) in [5, 5.41) is 0. The maximum atomic E-state index is 5.99. The van der Waals surface area contributed by atoms with Crippen LogP contribution in [0.5, 0.6) is 11.6 Å². The van der Waals surface area contributed by atoms with E-state index in [1.807, 2.05) is 31.3 Å². The largest absolute Gasteiger partial charge is 0.481 e. The fraction of sp³-hybridized carbons (Fsp3) is 0.545. The predicted octanol–water partition coefficient (Wildman–Crippen LogP) is 4.26. The fourth-order valence-corrected chi connectivity index (χ4v) is 3.62. The lowest BCUT2D eigenvalue weighted by Gasteiger charge is -2.13. The summed E-state index contributed by atoms with van der Waals surface area (Å²) in [4.78, 5) is 9.22. The summed E-state index contributed by atoms with van der Waals surface area (Å²) >= 11 is 0. The van der Waals surface area contributed by atoms with E-state index < -0.39 is 0 Å². The monoisotopic (exact) mass is 384 g/mol. The maximum absolute atomic E-state index is 5.99. The summed E-state index contributed by atoms with van der Waals surface area (Å²) in [5.41, 5.74) is 3.00. The van der Waals surface area contributed by atoms with Gasteiger partial charge in [-0.15, -0.1) is 0 Å². The Morgan fingerprint density at radius 2 is 2.18 bits per heavy atom. The predicted molar refractivity (Wildman–Crippen MR) is 106 cm³/mol. The minimum Gasteiger partial charge on any atom is -0.481 e. The number of hydrogen-bond donors (Lipinski definition) is 0. The molecule has 0 spiro atoms. The normalized spacial score (nSPS) is 23.6. The Hall–Kier alpha value is -2.18. The standard InChI is InChI=1S/C22H28N2O4/c1-4-5-6-19-22(28-19)27-18-8-7-15(11-14(18)2)20-23-12-17(21(24-20)25-3)16-9-10-26-13-16/h7-8,11-12,16,19,22H,4-6,9-10,13H2,1-3H3/t16-,19+,22-/m1/s1. The summed E-state index contributed by atoms with van der Waals surface area (Å²) in [6.07, 6.45) is 6.38. The average molecular weight is 384 g/mol. The first-order chi connectivity index (χ1) is 13.7. The molecule has 0 saturated carbocycles. The molecule has 1 aromatic heterocycles. The Bertz CT molecular complexity index is 820. The molecule has 0 bridgehead atoms. The van der Waals surface area contributed by atoms with Crippen LogP contribution in [0.15, 0.2) is 24.4 Å². The van der Waals surface area contributed by atoms with Crippen molar-refractivity contribution < 1.29 is 18.9 Å². The molecule has 0 aliphatic carbocycles. The van der Waals surface area contributed by atoms with Gasteiger partial charge in [0.25, 0.3) is 0 Å². The van der Waals surface area contributed by atoms with Gasteiger partial charge >= 0.3 is 0 Å². The molecule has 0 N–H and O–H groups in total. The summed E-state index contributed by atoms with van der Waals surface area (Å²) in [6.45, 7) is 5.70. The van der Waals surface area contributed by atoms with Crippen molar-refractivity contribution in [2.75, 3.05) is 20.3 Å². The minimum atomic E-state index is -0.111. The lowest BCUT2D eigenvalue weighted by molar-refractivity contribution is 0.177. The van der Waals surface area contributed by atoms with Crippen LogP contribution >= 0.6 is 0 Å². The van der Waals surface area contributed by atoms with Gasteiger partial charge in [-0.3, -0.25) is 0 Å². The molecule has 4 rings (SSSR count). The third kappa shape index (κ3) is 4.13. The average Bonchev–Trinajstić information content (AvgIpc) is 3.22. The molecular weight excluding hydrogens is 356 g/mol. The molecule has 150 valence electrons. The molecule has 2 aliphatic heterocycles. The SMILES string of the molecule is CCCC[C@@H]1O[C@H]1Oc1ccc(-c2ncc([C@@H]3CCOC3)c(OC)n2)cc1C. The van der Waals surface area contributed by atoms with Crippen LogP contribution in [0.4, 0.5) is 0 Å². The van der Waals surface area contributed by atoms with Gasteiger partial charge in [0.15, 0.2) is 5.82 Å². The van der Waals surface area contributed by atoms with Crippen molar-refractivity contribution in [1.82, 2.24) is 9.97 Å². The van der Waals surface area contributed by atoms with Gasteiger partial charge in [-0.1, -0.05) is 19.8 Å². The third-order valence-corrected chi connectivity index (χ3v) is 5.40. The topological polar surface area (TPSA) is 66.0 Å². The Kier molecular flexibility index (Phi) is 5.78. The number of aromatic nitrogens is 2. The Morgan fingerprint density at radius 3 is 2.89 bits per heavy atom. The molecule has 0 amide bonds. The van der Waals surface area contributed by atoms with Crippen LogP contribution in [-0.4, -0.2) is 42.7 Å². The molecule has 0 unspecified atom stereocenters. The Balaban J connectivity index is 1.48. The van der Waals surface area contributed by atoms with E-state index in [4.69, 9.17) is 18.9 Å². The van der Waals surface area contributed by atoms with Crippen molar-refractivity contribution in [1.29, 1.82) is 0 Å². The van der Waals surface area contributed by atoms with Crippen molar-refractivity contribution in [3.8, 4) is 23.0 Å². The highest BCUT2D eigenvalue weighted by atomic mass is 16.8. The number of ether oxygens (including phenoxy) is 4. The van der Waals surface area contributed by atoms with Crippen LogP contribution in [0.2, 0.25) is 0 Å². The fourth-order valence-electron chi connectivity index (χ4n) is 3.62. The van der Waals surface area contributed by atoms with E-state index in [2.05, 4.69) is 16.9 Å². The quantitative estimate of drug-likeness (QED) is 0.634. The number of aryl methyl sites for hydroxylation is 1. The van der Waals surface area contributed by atoms with Crippen LogP contribution in [0.25, 0.3) is 11.4 Å². The Morgan fingerprint density at radius 1 is 1.29 bits per heavy atom. The first-order valence-corrected chi connectivity index (χ1v) is 10.1. The number of nitrogens with zero attached hydrogens (tertiary/aromatic N) is 2. The second-order valence-electron chi connectivity index (χ2n) is 7.50. The lowest BCUT2D eigenvalue weighted by atomic mass is 10.0. The maximum Gasteiger partial charge on any atom is 0.227 e. The summed E-state index contributed by atoms with van der Waals surface area (Å²) in [6, 6.07) is 6.00. The summed E-state index contributed by atoms with van der Waals surface area (Å²) < 4.78 is 22.6. The number of rotatable bonds is 8. The van der Waals surface area contributed by atoms with E-state index in [1.165, 1.54) is 12.8 Å². The molecule has 2 fully saturated rings. The number of hydrogen-bond acceptors (Lipinski definition) is 6. The van der Waals surface area contributed by atoms with E-state index in [-0.39, 0.29) is 12.4 Å². The molecule has 2 saturated heterocycles. The smallest absolute Gasteiger partial charge is 0.227 e. The summed E-state index contributed by atoms with van der Waals surface area (Å²) in [5.74, 6) is 2.43. The zero-order chi connectivity index (χ0) is 19.5. The summed E-state index contributed by atoms with van der Waals surface area (Å²) in [7, 11) is 1.65. The van der Waals surface area contributed by atoms with Gasteiger partial charge in [0.2, 0.25) is 12.2 Å². The van der Waals surface area contributed by atoms with Crippen molar-refractivity contribution >= 4 is 0 Å². The highest BCUT2D eigenvalue weighted by Crippen LogP contribution is 2.34. The highest BCUT2D eigenvalue weighted by molar-refractivity contribution is 5.59. The van der Waals surface area contributed by atoms with Crippen LogP contribution in [0.1, 0.15) is 49.7 Å². The second-order valence-corrected chi connectivity index (χ2v) is 7.50. The molecule has 3 heterocycles. The molecule has 2 aromatic rings. The van der Waals surface area contributed by atoms with Crippen molar-refractivity contribution in [3.63, 3.8) is 0 Å². The van der Waals surface area contributed by atoms with E-state index in [0.717, 1.165) is 41.9 Å². The first kappa shape index (κ1) is 19.2. The van der Waals surface area contributed by atoms with E-state index in [9.17, 15) is 0 Å². The van der Waals surface area contributed by atoms with Crippen molar-refractivity contribution in [2.45, 2.75) is 57.8 Å².